The maximum absolute atomic E-state index is 13.7. The van der Waals surface area contributed by atoms with Crippen LogP contribution in [0.3, 0.4) is 0 Å². The summed E-state index contributed by atoms with van der Waals surface area (Å²) in [6.45, 7) is -0.576. The molecule has 0 radical (unpaired) electrons. The monoisotopic (exact) mass is 504 g/mol. The van der Waals surface area contributed by atoms with Crippen LogP contribution in [0.2, 0.25) is 0 Å². The third kappa shape index (κ3) is 3.89. The molecule has 10 nitrogen and oxygen atoms in total. The van der Waals surface area contributed by atoms with Gasteiger partial charge in [-0.2, -0.15) is 5.10 Å². The van der Waals surface area contributed by atoms with Crippen LogP contribution in [0.15, 0.2) is 51.8 Å². The van der Waals surface area contributed by atoms with Crippen LogP contribution in [0.4, 0.5) is 10.1 Å². The topological polar surface area (TPSA) is 115 Å². The highest BCUT2D eigenvalue weighted by Crippen LogP contribution is 2.45. The summed E-state index contributed by atoms with van der Waals surface area (Å²) in [6, 6.07) is 4.57. The maximum Gasteiger partial charge on any atom is 0.332 e. The molecule has 1 saturated carbocycles. The minimum absolute atomic E-state index is 0.0115. The fraction of sp³-hybridized carbons (Fsp3) is 0.333. The number of hydrogen-bond donors (Lipinski definition) is 1. The Labute approximate surface area is 199 Å². The second-order valence-corrected chi connectivity index (χ2v) is 9.88. The minimum Gasteiger partial charge on any atom is -0.289 e. The van der Waals surface area contributed by atoms with Crippen molar-refractivity contribution in [1.82, 2.24) is 23.3 Å². The molecule has 0 amide bonds. The van der Waals surface area contributed by atoms with Crippen molar-refractivity contribution in [2.45, 2.75) is 31.5 Å². The van der Waals surface area contributed by atoms with Crippen LogP contribution in [0.5, 0.6) is 0 Å². The average molecular weight is 505 g/mol. The number of anilines is 1. The Kier molecular flexibility index (Phi) is 5.70. The van der Waals surface area contributed by atoms with Crippen LogP contribution in [0.1, 0.15) is 24.0 Å². The van der Waals surface area contributed by atoms with E-state index in [0.29, 0.717) is 23.9 Å². The van der Waals surface area contributed by atoms with Gasteiger partial charge < -0.3 is 0 Å². The summed E-state index contributed by atoms with van der Waals surface area (Å²) in [6.07, 6.45) is 5.82. The fourth-order valence-electron chi connectivity index (χ4n) is 4.12. The van der Waals surface area contributed by atoms with Gasteiger partial charge in [0.1, 0.15) is 6.67 Å². The van der Waals surface area contributed by atoms with Crippen molar-refractivity contribution in [1.29, 1.82) is 0 Å². The van der Waals surface area contributed by atoms with E-state index in [1.807, 2.05) is 5.38 Å². The first-order chi connectivity index (χ1) is 16.3. The number of aryl methyl sites for hydroxylation is 1. The number of aromatic nitrogens is 5. The average Bonchev–Trinajstić information content (AvgIpc) is 3.20. The van der Waals surface area contributed by atoms with Crippen LogP contribution in [0.25, 0.3) is 10.9 Å². The summed E-state index contributed by atoms with van der Waals surface area (Å²) >= 11 is -1.23. The van der Waals surface area contributed by atoms with E-state index in [9.17, 15) is 22.7 Å². The van der Waals surface area contributed by atoms with Gasteiger partial charge in [-0.15, -0.1) is 0 Å². The molecular weight excluding hydrogens is 483 g/mol. The minimum atomic E-state index is -2.48. The van der Waals surface area contributed by atoms with Crippen molar-refractivity contribution in [3.63, 3.8) is 0 Å². The quantitative estimate of drug-likeness (QED) is 0.367. The third-order valence-corrected chi connectivity index (χ3v) is 7.57. The van der Waals surface area contributed by atoms with E-state index in [0.717, 1.165) is 14.4 Å². The van der Waals surface area contributed by atoms with E-state index >= 15 is 0 Å². The van der Waals surface area contributed by atoms with Gasteiger partial charge in [0.05, 0.1) is 41.4 Å². The number of fused-ring (bicyclic) bond motifs is 1. The lowest BCUT2D eigenvalue weighted by Gasteiger charge is -2.28. The summed E-state index contributed by atoms with van der Waals surface area (Å²) < 4.78 is 45.1. The third-order valence-electron chi connectivity index (χ3n) is 6.03. The van der Waals surface area contributed by atoms with E-state index in [4.69, 9.17) is 0 Å². The molecule has 1 N–H and O–H groups in total. The summed E-state index contributed by atoms with van der Waals surface area (Å²) in [5.74, 6) is 0. The molecule has 178 valence electrons. The summed E-state index contributed by atoms with van der Waals surface area (Å²) in [7, 11) is 1.74. The number of alkyl halides is 1. The van der Waals surface area contributed by atoms with E-state index < -0.39 is 34.7 Å². The molecular formula is C21H21FN6O4S2. The van der Waals surface area contributed by atoms with Crippen molar-refractivity contribution < 1.29 is 13.2 Å². The summed E-state index contributed by atoms with van der Waals surface area (Å²) in [4.78, 5) is 26.9. The normalized spacial score (nSPS) is 15.5. The maximum atomic E-state index is 13.7. The first-order valence-corrected chi connectivity index (χ1v) is 12.3. The number of nitrogens with zero attached hydrogens (tertiary/aromatic N) is 6. The second-order valence-electron chi connectivity index (χ2n) is 8.40. The van der Waals surface area contributed by atoms with Crippen molar-refractivity contribution in [3.8, 4) is 0 Å². The Bertz CT molecular complexity index is 1510. The van der Waals surface area contributed by atoms with Crippen molar-refractivity contribution in [2.24, 2.45) is 7.05 Å². The van der Waals surface area contributed by atoms with Gasteiger partial charge in [-0.1, -0.05) is 0 Å². The van der Waals surface area contributed by atoms with Gasteiger partial charge >= 0.3 is 5.69 Å². The molecule has 1 aromatic carbocycles. The first kappa shape index (κ1) is 22.6. The molecule has 0 spiro atoms. The van der Waals surface area contributed by atoms with E-state index in [2.05, 4.69) is 9.47 Å². The zero-order valence-corrected chi connectivity index (χ0v) is 19.8. The molecule has 5 rings (SSSR count). The summed E-state index contributed by atoms with van der Waals surface area (Å²) in [5, 5.41) is 6.11. The number of benzene rings is 1. The second kappa shape index (κ2) is 8.56. The molecule has 0 saturated heterocycles. The molecule has 1 atom stereocenters. The lowest BCUT2D eigenvalue weighted by Crippen LogP contribution is -2.42. The molecule has 3 heterocycles. The molecule has 0 aliphatic heterocycles. The van der Waals surface area contributed by atoms with Gasteiger partial charge in [0.15, 0.2) is 0 Å². The number of hydrogen-bond acceptors (Lipinski definition) is 6. The van der Waals surface area contributed by atoms with Gasteiger partial charge in [0.2, 0.25) is 0 Å². The van der Waals surface area contributed by atoms with Crippen LogP contribution in [-0.2, 0) is 31.4 Å². The van der Waals surface area contributed by atoms with Crippen LogP contribution < -0.4 is 15.6 Å². The van der Waals surface area contributed by atoms with Crippen molar-refractivity contribution in [3.05, 3.63) is 74.1 Å². The molecule has 1 unspecified atom stereocenters. The summed E-state index contributed by atoms with van der Waals surface area (Å²) in [5.41, 5.74) is 0.00480. The molecule has 3 aromatic heterocycles. The van der Waals surface area contributed by atoms with E-state index in [1.165, 1.54) is 22.2 Å². The highest BCUT2D eigenvalue weighted by atomic mass is 32.2. The van der Waals surface area contributed by atoms with Gasteiger partial charge in [-0.25, -0.2) is 17.8 Å². The Balaban J connectivity index is 1.72. The highest BCUT2D eigenvalue weighted by molar-refractivity contribution is 7.80. The standard InChI is InChI=1S/C21H21FN6O4S2/c1-25-9-14(7-23-25)10-27-19(29)17-6-16(28(34(31)32)21(13-22)4-5-21)2-3-18(17)26(20(27)30)11-15-8-24-33-12-15/h2-3,6-9,12H,4-5,10-11,13H2,1H3,(H,31,32). The number of rotatable bonds is 8. The van der Waals surface area contributed by atoms with E-state index in [-0.39, 0.29) is 24.2 Å². The Morgan fingerprint density at radius 1 is 1.21 bits per heavy atom. The van der Waals surface area contributed by atoms with Gasteiger partial charge in [0.25, 0.3) is 16.8 Å². The predicted molar refractivity (Wildman–Crippen MR) is 127 cm³/mol. The van der Waals surface area contributed by atoms with Gasteiger partial charge in [-0.3, -0.25) is 27.5 Å². The fourth-order valence-corrected chi connectivity index (χ4v) is 5.50. The lowest BCUT2D eigenvalue weighted by molar-refractivity contribution is 0.413. The molecule has 1 aliphatic carbocycles. The SMILES string of the molecule is Cn1cc(Cn2c(=O)c3cc(N(S(=O)O)C4(CF)CC4)ccc3n(Cc3cnsc3)c2=O)cn1. The Morgan fingerprint density at radius 2 is 1.97 bits per heavy atom. The lowest BCUT2D eigenvalue weighted by atomic mass is 10.1. The van der Waals surface area contributed by atoms with Crippen LogP contribution in [-0.4, -0.2) is 44.3 Å². The van der Waals surface area contributed by atoms with Crippen molar-refractivity contribution in [2.75, 3.05) is 11.0 Å². The number of halogens is 1. The largest absolute Gasteiger partial charge is 0.332 e. The van der Waals surface area contributed by atoms with Gasteiger partial charge in [0, 0.05) is 35.9 Å². The van der Waals surface area contributed by atoms with E-state index in [1.54, 1.807) is 42.5 Å². The zero-order chi connectivity index (χ0) is 24.0. The molecule has 13 heteroatoms. The predicted octanol–water partition coefficient (Wildman–Crippen LogP) is 1.90. The smallest absolute Gasteiger partial charge is 0.289 e. The van der Waals surface area contributed by atoms with Crippen LogP contribution in [0, 0.1) is 0 Å². The zero-order valence-electron chi connectivity index (χ0n) is 18.1. The first-order valence-electron chi connectivity index (χ1n) is 10.4. The molecule has 4 aromatic rings. The molecule has 0 bridgehead atoms. The Morgan fingerprint density at radius 3 is 2.56 bits per heavy atom. The molecule has 34 heavy (non-hydrogen) atoms. The Hall–Kier alpha value is -3.16. The van der Waals surface area contributed by atoms with Crippen LogP contribution >= 0.6 is 11.5 Å². The molecule has 1 aliphatic rings. The molecule has 1 fully saturated rings. The highest BCUT2D eigenvalue weighted by Gasteiger charge is 2.51. The van der Waals surface area contributed by atoms with Gasteiger partial charge in [-0.05, 0) is 42.6 Å². The van der Waals surface area contributed by atoms with Crippen molar-refractivity contribution >= 4 is 39.4 Å².